The van der Waals surface area contributed by atoms with Crippen molar-refractivity contribution < 1.29 is 14.6 Å². The monoisotopic (exact) mass is 528 g/mol. The molecule has 1 amide bonds. The number of piperidine rings is 1. The summed E-state index contributed by atoms with van der Waals surface area (Å²) in [5.74, 6) is 0.729. The molecule has 0 aliphatic carbocycles. The van der Waals surface area contributed by atoms with Crippen LogP contribution in [0.25, 0.3) is 0 Å². The van der Waals surface area contributed by atoms with Crippen LogP contribution in [0.2, 0.25) is 15.1 Å². The maximum atomic E-state index is 12.5. The lowest BCUT2D eigenvalue weighted by Gasteiger charge is -2.37. The van der Waals surface area contributed by atoms with E-state index in [2.05, 4.69) is 25.9 Å². The predicted octanol–water partition coefficient (Wildman–Crippen LogP) is 2.65. The molecular formula is C22H27Cl3N6O3. The Balaban J connectivity index is 1.39. The molecule has 34 heavy (non-hydrogen) atoms. The molecule has 0 saturated carbocycles. The SMILES string of the molecule is C[C@@H](Nc1nc(N2CC[C@H](NC(=O)[C@H]3COCCN3)[C@@H](O)C2)ncc1Cl)c1ccc(Cl)cc1Cl. The molecule has 2 aliphatic heterocycles. The normalized spacial score (nSPS) is 23.9. The fourth-order valence-electron chi connectivity index (χ4n) is 4.05. The zero-order valence-corrected chi connectivity index (χ0v) is 20.9. The van der Waals surface area contributed by atoms with Crippen molar-refractivity contribution in [1.29, 1.82) is 0 Å². The Morgan fingerprint density at radius 1 is 1.32 bits per heavy atom. The van der Waals surface area contributed by atoms with Gasteiger partial charge in [0, 0.05) is 29.7 Å². The van der Waals surface area contributed by atoms with E-state index in [9.17, 15) is 9.90 Å². The highest BCUT2D eigenvalue weighted by Gasteiger charge is 2.32. The number of β-amino-alcohol motifs (C(OH)–C–C–N with tert-alkyl or cyclic N) is 1. The molecule has 1 aromatic heterocycles. The summed E-state index contributed by atoms with van der Waals surface area (Å²) in [6, 6.07) is 4.37. The molecule has 2 saturated heterocycles. The van der Waals surface area contributed by atoms with E-state index in [1.54, 1.807) is 12.1 Å². The summed E-state index contributed by atoms with van der Waals surface area (Å²) in [4.78, 5) is 23.3. The van der Waals surface area contributed by atoms with Gasteiger partial charge in [-0.2, -0.15) is 4.98 Å². The summed E-state index contributed by atoms with van der Waals surface area (Å²) >= 11 is 18.7. The van der Waals surface area contributed by atoms with E-state index in [0.717, 1.165) is 5.56 Å². The summed E-state index contributed by atoms with van der Waals surface area (Å²) < 4.78 is 5.34. The number of carbonyl (C=O) groups is 1. The number of hydrogen-bond acceptors (Lipinski definition) is 8. The Labute approximate surface area is 213 Å². The fraction of sp³-hybridized carbons (Fsp3) is 0.500. The number of ether oxygens (including phenoxy) is 1. The second-order valence-corrected chi connectivity index (χ2v) is 9.65. The van der Waals surface area contributed by atoms with E-state index in [1.807, 2.05) is 17.9 Å². The van der Waals surface area contributed by atoms with Crippen molar-refractivity contribution in [1.82, 2.24) is 20.6 Å². The summed E-state index contributed by atoms with van der Waals surface area (Å²) in [5, 5.41) is 21.5. The quantitative estimate of drug-likeness (QED) is 0.452. The van der Waals surface area contributed by atoms with Crippen molar-refractivity contribution in [3.8, 4) is 0 Å². The van der Waals surface area contributed by atoms with E-state index in [-0.39, 0.29) is 24.5 Å². The number of carbonyl (C=O) groups excluding carboxylic acids is 1. The first-order valence-electron chi connectivity index (χ1n) is 11.1. The number of aliphatic hydroxyl groups is 1. The van der Waals surface area contributed by atoms with Gasteiger partial charge in [-0.1, -0.05) is 40.9 Å². The highest BCUT2D eigenvalue weighted by molar-refractivity contribution is 6.35. The number of nitrogens with zero attached hydrogens (tertiary/aromatic N) is 3. The number of nitrogens with one attached hydrogen (secondary N) is 3. The minimum atomic E-state index is -0.773. The summed E-state index contributed by atoms with van der Waals surface area (Å²) in [6.07, 6.45) is 1.30. The number of benzene rings is 1. The molecule has 2 fully saturated rings. The number of aromatic nitrogens is 2. The van der Waals surface area contributed by atoms with Gasteiger partial charge in [-0.25, -0.2) is 4.98 Å². The lowest BCUT2D eigenvalue weighted by Crippen LogP contribution is -2.59. The smallest absolute Gasteiger partial charge is 0.239 e. The standard InChI is InChI=1S/C22H27Cl3N6O3/c1-12(14-3-2-13(23)8-15(14)24)28-20-16(25)9-27-22(30-20)31-6-4-17(19(32)10-31)29-21(33)18-11-34-7-5-26-18/h2-3,8-9,12,17-19,26,32H,4-7,10-11H2,1H3,(H,29,33)(H,27,28,30)/t12-,17+,18-,19+/m1/s1. The van der Waals surface area contributed by atoms with Crippen molar-refractivity contribution in [3.63, 3.8) is 0 Å². The largest absolute Gasteiger partial charge is 0.389 e. The van der Waals surface area contributed by atoms with Gasteiger partial charge in [0.2, 0.25) is 11.9 Å². The number of hydrogen-bond donors (Lipinski definition) is 4. The van der Waals surface area contributed by atoms with E-state index >= 15 is 0 Å². The van der Waals surface area contributed by atoms with Crippen LogP contribution in [0.15, 0.2) is 24.4 Å². The fourth-order valence-corrected chi connectivity index (χ4v) is 4.76. The van der Waals surface area contributed by atoms with Crippen molar-refractivity contribution in [2.24, 2.45) is 0 Å². The molecule has 12 heteroatoms. The van der Waals surface area contributed by atoms with Crippen molar-refractivity contribution in [2.45, 2.75) is 37.6 Å². The molecule has 0 unspecified atom stereocenters. The number of halogens is 3. The molecule has 1 aromatic carbocycles. The minimum absolute atomic E-state index is 0.165. The van der Waals surface area contributed by atoms with Crippen LogP contribution in [0.5, 0.6) is 0 Å². The van der Waals surface area contributed by atoms with E-state index in [1.165, 1.54) is 6.20 Å². The highest BCUT2D eigenvalue weighted by atomic mass is 35.5. The first kappa shape index (κ1) is 25.2. The zero-order chi connectivity index (χ0) is 24.2. The van der Waals surface area contributed by atoms with E-state index in [4.69, 9.17) is 39.5 Å². The summed E-state index contributed by atoms with van der Waals surface area (Å²) in [6.45, 7) is 4.34. The first-order valence-corrected chi connectivity index (χ1v) is 12.2. The molecule has 0 bridgehead atoms. The van der Waals surface area contributed by atoms with Crippen LogP contribution in [0.3, 0.4) is 0 Å². The van der Waals surface area contributed by atoms with Gasteiger partial charge in [-0.05, 0) is 31.0 Å². The van der Waals surface area contributed by atoms with Crippen molar-refractivity contribution in [2.75, 3.05) is 43.1 Å². The van der Waals surface area contributed by atoms with E-state index in [0.29, 0.717) is 59.6 Å². The average Bonchev–Trinajstić information content (AvgIpc) is 2.82. The average molecular weight is 530 g/mol. The summed E-state index contributed by atoms with van der Waals surface area (Å²) in [5.41, 5.74) is 0.854. The van der Waals surface area contributed by atoms with Gasteiger partial charge in [0.15, 0.2) is 5.82 Å². The van der Waals surface area contributed by atoms with Crippen molar-refractivity contribution in [3.05, 3.63) is 45.0 Å². The number of aliphatic hydroxyl groups excluding tert-OH is 1. The van der Waals surface area contributed by atoms with Crippen LogP contribution in [-0.2, 0) is 9.53 Å². The Kier molecular flexibility index (Phi) is 8.34. The lowest BCUT2D eigenvalue weighted by atomic mass is 10.0. The third-order valence-electron chi connectivity index (χ3n) is 5.94. The van der Waals surface area contributed by atoms with Crippen LogP contribution in [0.4, 0.5) is 11.8 Å². The molecule has 0 radical (unpaired) electrons. The third kappa shape index (κ3) is 6.02. The van der Waals surface area contributed by atoms with Crippen LogP contribution >= 0.6 is 34.8 Å². The number of anilines is 2. The third-order valence-corrected chi connectivity index (χ3v) is 6.78. The van der Waals surface area contributed by atoms with Crippen LogP contribution in [-0.4, -0.2) is 72.0 Å². The van der Waals surface area contributed by atoms with Gasteiger partial charge in [0.1, 0.15) is 11.1 Å². The maximum absolute atomic E-state index is 12.5. The molecule has 4 rings (SSSR count). The predicted molar refractivity (Wildman–Crippen MR) is 133 cm³/mol. The van der Waals surface area contributed by atoms with Crippen LogP contribution in [0, 0.1) is 0 Å². The van der Waals surface area contributed by atoms with Crippen LogP contribution < -0.4 is 20.9 Å². The van der Waals surface area contributed by atoms with Gasteiger partial charge >= 0.3 is 0 Å². The van der Waals surface area contributed by atoms with Gasteiger partial charge in [-0.15, -0.1) is 0 Å². The van der Waals surface area contributed by atoms with Crippen LogP contribution in [0.1, 0.15) is 24.9 Å². The maximum Gasteiger partial charge on any atom is 0.239 e. The molecule has 2 aliphatic rings. The van der Waals surface area contributed by atoms with Gasteiger partial charge in [-0.3, -0.25) is 4.79 Å². The molecule has 3 heterocycles. The molecule has 184 valence electrons. The Morgan fingerprint density at radius 3 is 2.85 bits per heavy atom. The first-order chi connectivity index (χ1) is 16.3. The number of amides is 1. The van der Waals surface area contributed by atoms with Gasteiger partial charge in [0.05, 0.1) is 37.6 Å². The molecule has 9 nitrogen and oxygen atoms in total. The molecule has 4 atom stereocenters. The Bertz CT molecular complexity index is 1020. The van der Waals surface area contributed by atoms with Gasteiger partial charge < -0.3 is 30.7 Å². The van der Waals surface area contributed by atoms with Gasteiger partial charge in [0.25, 0.3) is 0 Å². The zero-order valence-electron chi connectivity index (χ0n) is 18.6. The van der Waals surface area contributed by atoms with Crippen molar-refractivity contribution >= 4 is 52.5 Å². The topological polar surface area (TPSA) is 112 Å². The summed E-state index contributed by atoms with van der Waals surface area (Å²) in [7, 11) is 0. The number of morpholine rings is 1. The number of rotatable bonds is 6. The highest BCUT2D eigenvalue weighted by Crippen LogP contribution is 2.31. The van der Waals surface area contributed by atoms with E-state index < -0.39 is 12.1 Å². The molecule has 4 N–H and O–H groups in total. The molecule has 2 aromatic rings. The molecule has 0 spiro atoms. The lowest BCUT2D eigenvalue weighted by molar-refractivity contribution is -0.127. The minimum Gasteiger partial charge on any atom is -0.389 e. The second kappa shape index (κ2) is 11.2. The second-order valence-electron chi connectivity index (χ2n) is 8.40. The Morgan fingerprint density at radius 2 is 2.15 bits per heavy atom. The molecular weight excluding hydrogens is 503 g/mol. The Hall–Kier alpha value is -1.88.